The number of benzene rings is 1. The maximum Gasteiger partial charge on any atom is 0.266 e. The lowest BCUT2D eigenvalue weighted by Gasteiger charge is -2.27. The third-order valence-corrected chi connectivity index (χ3v) is 5.37. The van der Waals surface area contributed by atoms with Gasteiger partial charge in [0.15, 0.2) is 5.65 Å². The van der Waals surface area contributed by atoms with Gasteiger partial charge in [-0.25, -0.2) is 9.50 Å². The maximum absolute atomic E-state index is 12.7. The van der Waals surface area contributed by atoms with E-state index in [1.807, 2.05) is 33.8 Å². The van der Waals surface area contributed by atoms with Crippen molar-refractivity contribution >= 4 is 34.8 Å². The van der Waals surface area contributed by atoms with Crippen LogP contribution in [0.2, 0.25) is 10.0 Å². The molecule has 1 aromatic carbocycles. The molecule has 142 valence electrons. The molecule has 2 heterocycles. The maximum atomic E-state index is 12.7. The van der Waals surface area contributed by atoms with Gasteiger partial charge in [0.2, 0.25) is 5.91 Å². The molecule has 0 saturated carbocycles. The third kappa shape index (κ3) is 3.87. The first kappa shape index (κ1) is 19.5. The molecular formula is C19H20Cl2N4O2. The van der Waals surface area contributed by atoms with E-state index in [4.69, 9.17) is 23.2 Å². The van der Waals surface area contributed by atoms with Crippen molar-refractivity contribution in [2.75, 3.05) is 0 Å². The van der Waals surface area contributed by atoms with Crippen molar-refractivity contribution in [2.45, 2.75) is 39.7 Å². The molecule has 0 aliphatic heterocycles. The summed E-state index contributed by atoms with van der Waals surface area (Å²) in [7, 11) is 0. The van der Waals surface area contributed by atoms with Crippen LogP contribution in [0.15, 0.2) is 29.1 Å². The molecule has 2 aromatic heterocycles. The summed E-state index contributed by atoms with van der Waals surface area (Å²) in [6.45, 7) is 7.48. The number of amides is 1. The van der Waals surface area contributed by atoms with E-state index in [-0.39, 0.29) is 17.9 Å². The molecular weight excluding hydrogens is 387 g/mol. The SMILES string of the molecule is Cc1nc2cc(=O)[nH]n2c(C)c1CC(=O)NC(C)(C)c1ccc(Cl)c(Cl)c1. The molecule has 2 N–H and O–H groups in total. The number of halogens is 2. The number of fused-ring (bicyclic) bond motifs is 1. The zero-order valence-electron chi connectivity index (χ0n) is 15.5. The number of H-pyrrole nitrogens is 1. The Labute approximate surface area is 166 Å². The Kier molecular flexibility index (Phi) is 5.06. The van der Waals surface area contributed by atoms with Crippen LogP contribution in [0.4, 0.5) is 0 Å². The Morgan fingerprint density at radius 3 is 2.59 bits per heavy atom. The van der Waals surface area contributed by atoms with Crippen LogP contribution in [0.25, 0.3) is 5.65 Å². The van der Waals surface area contributed by atoms with E-state index in [1.165, 1.54) is 6.07 Å². The van der Waals surface area contributed by atoms with E-state index in [2.05, 4.69) is 15.4 Å². The van der Waals surface area contributed by atoms with E-state index in [9.17, 15) is 9.59 Å². The fourth-order valence-corrected chi connectivity index (χ4v) is 3.42. The lowest BCUT2D eigenvalue weighted by atomic mass is 9.93. The van der Waals surface area contributed by atoms with Crippen molar-refractivity contribution in [1.82, 2.24) is 19.9 Å². The van der Waals surface area contributed by atoms with Crippen LogP contribution in [0.3, 0.4) is 0 Å². The van der Waals surface area contributed by atoms with Crippen LogP contribution in [-0.2, 0) is 16.8 Å². The highest BCUT2D eigenvalue weighted by Gasteiger charge is 2.24. The summed E-state index contributed by atoms with van der Waals surface area (Å²) in [5.41, 5.74) is 2.80. The Morgan fingerprint density at radius 1 is 1.22 bits per heavy atom. The number of nitrogens with one attached hydrogen (secondary N) is 2. The molecule has 3 aromatic rings. The van der Waals surface area contributed by atoms with Crippen molar-refractivity contribution in [3.05, 3.63) is 67.2 Å². The molecule has 0 aliphatic carbocycles. The van der Waals surface area contributed by atoms with Gasteiger partial charge in [0.1, 0.15) is 0 Å². The third-order valence-electron chi connectivity index (χ3n) is 4.63. The molecule has 0 aliphatic rings. The van der Waals surface area contributed by atoms with E-state index in [0.717, 1.165) is 16.8 Å². The van der Waals surface area contributed by atoms with Crippen molar-refractivity contribution in [1.29, 1.82) is 0 Å². The fraction of sp³-hybridized carbons (Fsp3) is 0.316. The summed E-state index contributed by atoms with van der Waals surface area (Å²) in [5.74, 6) is -0.159. The average Bonchev–Trinajstić information content (AvgIpc) is 2.94. The Balaban J connectivity index is 1.86. The lowest BCUT2D eigenvalue weighted by molar-refractivity contribution is -0.122. The Hall–Kier alpha value is -2.31. The van der Waals surface area contributed by atoms with Crippen LogP contribution < -0.4 is 10.9 Å². The van der Waals surface area contributed by atoms with Gasteiger partial charge in [-0.2, -0.15) is 0 Å². The van der Waals surface area contributed by atoms with E-state index in [1.54, 1.807) is 16.6 Å². The number of carbonyl (C=O) groups is 1. The van der Waals surface area contributed by atoms with Crippen LogP contribution in [0.5, 0.6) is 0 Å². The number of aromatic amines is 1. The quantitative estimate of drug-likeness (QED) is 0.695. The smallest absolute Gasteiger partial charge is 0.266 e. The molecule has 0 unspecified atom stereocenters. The highest BCUT2D eigenvalue weighted by Crippen LogP contribution is 2.28. The lowest BCUT2D eigenvalue weighted by Crippen LogP contribution is -2.42. The van der Waals surface area contributed by atoms with E-state index in [0.29, 0.717) is 21.4 Å². The number of hydrogen-bond acceptors (Lipinski definition) is 3. The van der Waals surface area contributed by atoms with Gasteiger partial charge in [0.05, 0.1) is 22.0 Å². The normalized spacial score (nSPS) is 11.8. The van der Waals surface area contributed by atoms with Gasteiger partial charge in [-0.3, -0.25) is 14.7 Å². The highest BCUT2D eigenvalue weighted by molar-refractivity contribution is 6.42. The number of aromatic nitrogens is 3. The summed E-state index contributed by atoms with van der Waals surface area (Å²) < 4.78 is 1.60. The topological polar surface area (TPSA) is 79.3 Å². The predicted octanol–water partition coefficient (Wildman–Crippen LogP) is 3.54. The molecule has 27 heavy (non-hydrogen) atoms. The summed E-state index contributed by atoms with van der Waals surface area (Å²) in [5, 5.41) is 6.62. The minimum absolute atomic E-state index is 0.144. The highest BCUT2D eigenvalue weighted by atomic mass is 35.5. The van der Waals surface area contributed by atoms with Crippen LogP contribution in [0, 0.1) is 13.8 Å². The second-order valence-corrected chi connectivity index (χ2v) is 7.87. The second-order valence-electron chi connectivity index (χ2n) is 7.05. The van der Waals surface area contributed by atoms with Crippen molar-refractivity contribution in [3.63, 3.8) is 0 Å². The van der Waals surface area contributed by atoms with Crippen molar-refractivity contribution < 1.29 is 4.79 Å². The second kappa shape index (κ2) is 7.02. The minimum Gasteiger partial charge on any atom is -0.347 e. The van der Waals surface area contributed by atoms with Crippen LogP contribution in [-0.4, -0.2) is 20.5 Å². The summed E-state index contributed by atoms with van der Waals surface area (Å²) in [4.78, 5) is 28.7. The standard InChI is InChI=1S/C19H20Cl2N4O2/c1-10-13(11(2)25-16(22-10)9-18(27)24-25)8-17(26)23-19(3,4)12-5-6-14(20)15(21)7-12/h5-7,9H,8H2,1-4H3,(H,23,26)(H,24,27). The molecule has 0 radical (unpaired) electrons. The van der Waals surface area contributed by atoms with Gasteiger partial charge in [-0.05, 0) is 45.4 Å². The van der Waals surface area contributed by atoms with E-state index < -0.39 is 5.54 Å². The summed E-state index contributed by atoms with van der Waals surface area (Å²) >= 11 is 12.1. The fourth-order valence-electron chi connectivity index (χ4n) is 3.12. The van der Waals surface area contributed by atoms with Gasteiger partial charge >= 0.3 is 0 Å². The van der Waals surface area contributed by atoms with Gasteiger partial charge in [-0.1, -0.05) is 29.3 Å². The van der Waals surface area contributed by atoms with Crippen LogP contribution in [0.1, 0.15) is 36.4 Å². The molecule has 0 saturated heterocycles. The molecule has 3 rings (SSSR count). The Bertz CT molecular complexity index is 1100. The van der Waals surface area contributed by atoms with Crippen LogP contribution >= 0.6 is 23.2 Å². The molecule has 0 atom stereocenters. The van der Waals surface area contributed by atoms with Crippen molar-refractivity contribution in [2.24, 2.45) is 0 Å². The van der Waals surface area contributed by atoms with Crippen molar-refractivity contribution in [3.8, 4) is 0 Å². The average molecular weight is 407 g/mol. The first-order valence-corrected chi connectivity index (χ1v) is 9.18. The molecule has 0 bridgehead atoms. The van der Waals surface area contributed by atoms with Gasteiger partial charge in [0, 0.05) is 23.0 Å². The molecule has 6 nitrogen and oxygen atoms in total. The van der Waals surface area contributed by atoms with Gasteiger partial charge < -0.3 is 5.32 Å². The minimum atomic E-state index is -0.633. The number of aryl methyl sites for hydroxylation is 2. The van der Waals surface area contributed by atoms with E-state index >= 15 is 0 Å². The van der Waals surface area contributed by atoms with Gasteiger partial charge in [0.25, 0.3) is 5.56 Å². The molecule has 0 fully saturated rings. The number of carbonyl (C=O) groups excluding carboxylic acids is 1. The number of rotatable bonds is 4. The molecule has 0 spiro atoms. The largest absolute Gasteiger partial charge is 0.347 e. The first-order chi connectivity index (χ1) is 12.6. The van der Waals surface area contributed by atoms with Gasteiger partial charge in [-0.15, -0.1) is 0 Å². The zero-order valence-corrected chi connectivity index (χ0v) is 17.0. The first-order valence-electron chi connectivity index (χ1n) is 8.43. The molecule has 8 heteroatoms. The zero-order chi connectivity index (χ0) is 19.9. The number of hydrogen-bond donors (Lipinski definition) is 2. The Morgan fingerprint density at radius 2 is 1.93 bits per heavy atom. The molecule has 1 amide bonds. The predicted molar refractivity (Wildman–Crippen MR) is 107 cm³/mol. The monoisotopic (exact) mass is 406 g/mol. The number of nitrogens with zero attached hydrogens (tertiary/aromatic N) is 2. The summed E-state index contributed by atoms with van der Waals surface area (Å²) in [6, 6.07) is 6.72. The summed E-state index contributed by atoms with van der Waals surface area (Å²) in [6.07, 6.45) is 0.144.